The van der Waals surface area contributed by atoms with Gasteiger partial charge in [-0.1, -0.05) is 13.0 Å². The van der Waals surface area contributed by atoms with E-state index in [4.69, 9.17) is 9.47 Å². The van der Waals surface area contributed by atoms with Gasteiger partial charge in [-0.2, -0.15) is 4.39 Å². The summed E-state index contributed by atoms with van der Waals surface area (Å²) in [7, 11) is 1.54. The molecule has 1 saturated heterocycles. The molecule has 1 aliphatic heterocycles. The van der Waals surface area contributed by atoms with Crippen LogP contribution in [0.25, 0.3) is 0 Å². The summed E-state index contributed by atoms with van der Waals surface area (Å²) in [4.78, 5) is 36.4. The minimum absolute atomic E-state index is 0.0376. The number of nitrogens with zero attached hydrogens (tertiary/aromatic N) is 2. The Hall–Kier alpha value is -3.69. The van der Waals surface area contributed by atoms with Crippen LogP contribution >= 0.6 is 0 Å². The molecule has 2 amide bonds. The zero-order chi connectivity index (χ0) is 23.3. The predicted octanol–water partition coefficient (Wildman–Crippen LogP) is 3.20. The highest BCUT2D eigenvalue weighted by Crippen LogP contribution is 2.30. The van der Waals surface area contributed by atoms with Gasteiger partial charge in [0.15, 0.2) is 11.5 Å². The second kappa shape index (κ2) is 10.1. The number of hydrogen-bond donors (Lipinski definition) is 1. The molecule has 32 heavy (non-hydrogen) atoms. The third-order valence-corrected chi connectivity index (χ3v) is 5.09. The molecule has 2 aromatic rings. The van der Waals surface area contributed by atoms with E-state index in [0.717, 1.165) is 24.1 Å². The van der Waals surface area contributed by atoms with Crippen molar-refractivity contribution >= 4 is 23.2 Å². The first-order chi connectivity index (χ1) is 15.3. The number of halogens is 1. The van der Waals surface area contributed by atoms with E-state index in [1.165, 1.54) is 18.1 Å². The van der Waals surface area contributed by atoms with E-state index < -0.39 is 22.3 Å². The van der Waals surface area contributed by atoms with E-state index in [0.29, 0.717) is 18.1 Å². The molecule has 0 aliphatic carbocycles. The van der Waals surface area contributed by atoms with Crippen molar-refractivity contribution in [1.29, 1.82) is 0 Å². The number of rotatable bonds is 9. The van der Waals surface area contributed by atoms with Gasteiger partial charge in [-0.3, -0.25) is 19.7 Å². The summed E-state index contributed by atoms with van der Waals surface area (Å²) in [6.45, 7) is 2.86. The Morgan fingerprint density at radius 2 is 2.06 bits per heavy atom. The first kappa shape index (κ1) is 23.0. The lowest BCUT2D eigenvalue weighted by molar-refractivity contribution is -0.387. The molecule has 0 radical (unpaired) electrons. The molecule has 0 saturated carbocycles. The topological polar surface area (TPSA) is 111 Å². The first-order valence-corrected chi connectivity index (χ1v) is 10.2. The normalized spacial score (nSPS) is 15.5. The number of methoxy groups -OCH3 is 1. The second-order valence-corrected chi connectivity index (χ2v) is 7.35. The van der Waals surface area contributed by atoms with E-state index in [9.17, 15) is 24.1 Å². The Kier molecular flexibility index (Phi) is 7.24. The van der Waals surface area contributed by atoms with Crippen LogP contribution in [-0.2, 0) is 16.1 Å². The molecule has 1 aliphatic rings. The lowest BCUT2D eigenvalue weighted by Crippen LogP contribution is -2.32. The standard InChI is InChI=1S/C22H24FN3O6/c1-3-8-32-19-7-4-14(9-20(19)31-2)12-24-22(28)15-10-21(27)25(13-15)16-5-6-17(23)18(11-16)26(29)30/h4-7,9,11,15H,3,8,10,12-13H2,1-2H3,(H,24,28). The number of nitro groups is 1. The average molecular weight is 445 g/mol. The molecule has 1 unspecified atom stereocenters. The molecule has 0 aromatic heterocycles. The second-order valence-electron chi connectivity index (χ2n) is 7.35. The number of ether oxygens (including phenoxy) is 2. The summed E-state index contributed by atoms with van der Waals surface area (Å²) >= 11 is 0. The summed E-state index contributed by atoms with van der Waals surface area (Å²) in [5, 5.41) is 13.8. The van der Waals surface area contributed by atoms with Crippen molar-refractivity contribution in [3.63, 3.8) is 0 Å². The molecule has 2 aromatic carbocycles. The van der Waals surface area contributed by atoms with Gasteiger partial charge in [0.2, 0.25) is 17.6 Å². The summed E-state index contributed by atoms with van der Waals surface area (Å²) in [6, 6.07) is 8.59. The smallest absolute Gasteiger partial charge is 0.306 e. The largest absolute Gasteiger partial charge is 0.493 e. The molecule has 1 fully saturated rings. The van der Waals surface area contributed by atoms with Crippen LogP contribution in [0, 0.1) is 21.8 Å². The number of nitrogens with one attached hydrogen (secondary N) is 1. The zero-order valence-electron chi connectivity index (χ0n) is 17.8. The third-order valence-electron chi connectivity index (χ3n) is 5.09. The molecular weight excluding hydrogens is 421 g/mol. The maximum atomic E-state index is 13.6. The van der Waals surface area contributed by atoms with Gasteiger partial charge in [0.1, 0.15) is 0 Å². The van der Waals surface area contributed by atoms with Gasteiger partial charge < -0.3 is 19.7 Å². The van der Waals surface area contributed by atoms with E-state index in [1.807, 2.05) is 13.0 Å². The number of benzene rings is 2. The van der Waals surface area contributed by atoms with Crippen molar-refractivity contribution in [2.75, 3.05) is 25.2 Å². The number of carbonyl (C=O) groups is 2. The van der Waals surface area contributed by atoms with Crippen LogP contribution in [0.2, 0.25) is 0 Å². The fraction of sp³-hybridized carbons (Fsp3) is 0.364. The van der Waals surface area contributed by atoms with Gasteiger partial charge >= 0.3 is 5.69 Å². The van der Waals surface area contributed by atoms with Gasteiger partial charge in [0.05, 0.1) is 30.2 Å². The third kappa shape index (κ3) is 5.13. The summed E-state index contributed by atoms with van der Waals surface area (Å²) < 4.78 is 24.5. The number of nitro benzene ring substituents is 1. The lowest BCUT2D eigenvalue weighted by Gasteiger charge is -2.17. The molecule has 1 heterocycles. The van der Waals surface area contributed by atoms with E-state index in [1.54, 1.807) is 12.1 Å². The highest BCUT2D eigenvalue weighted by atomic mass is 19.1. The Morgan fingerprint density at radius 1 is 1.28 bits per heavy atom. The molecule has 0 spiro atoms. The summed E-state index contributed by atoms with van der Waals surface area (Å²) in [5.74, 6) is -1.10. The van der Waals surface area contributed by atoms with Gasteiger partial charge in [-0.05, 0) is 36.2 Å². The molecule has 10 heteroatoms. The molecule has 3 rings (SSSR count). The fourth-order valence-corrected chi connectivity index (χ4v) is 3.43. The maximum absolute atomic E-state index is 13.6. The monoisotopic (exact) mass is 445 g/mol. The molecule has 9 nitrogen and oxygen atoms in total. The van der Waals surface area contributed by atoms with Gasteiger partial charge in [-0.25, -0.2) is 0 Å². The van der Waals surface area contributed by atoms with Crippen molar-refractivity contribution in [2.45, 2.75) is 26.3 Å². The Morgan fingerprint density at radius 3 is 2.75 bits per heavy atom. The number of anilines is 1. The zero-order valence-corrected chi connectivity index (χ0v) is 17.8. The number of hydrogen-bond acceptors (Lipinski definition) is 6. The number of amides is 2. The Balaban J connectivity index is 1.63. The van der Waals surface area contributed by atoms with Crippen LogP contribution in [0.4, 0.5) is 15.8 Å². The van der Waals surface area contributed by atoms with Crippen molar-refractivity contribution in [2.24, 2.45) is 5.92 Å². The van der Waals surface area contributed by atoms with Crippen molar-refractivity contribution in [1.82, 2.24) is 5.32 Å². The van der Waals surface area contributed by atoms with E-state index in [-0.39, 0.29) is 37.0 Å². The minimum Gasteiger partial charge on any atom is -0.493 e. The van der Waals surface area contributed by atoms with Crippen LogP contribution in [0.15, 0.2) is 36.4 Å². The van der Waals surface area contributed by atoms with Crippen molar-refractivity contribution in [3.05, 3.63) is 57.9 Å². The lowest BCUT2D eigenvalue weighted by atomic mass is 10.1. The Bertz CT molecular complexity index is 1030. The highest BCUT2D eigenvalue weighted by Gasteiger charge is 2.35. The average Bonchev–Trinajstić information content (AvgIpc) is 3.18. The molecule has 1 atom stereocenters. The molecule has 1 N–H and O–H groups in total. The van der Waals surface area contributed by atoms with E-state index in [2.05, 4.69) is 5.32 Å². The predicted molar refractivity (Wildman–Crippen MR) is 114 cm³/mol. The quantitative estimate of drug-likeness (QED) is 0.469. The highest BCUT2D eigenvalue weighted by molar-refractivity contribution is 6.00. The van der Waals surface area contributed by atoms with Gasteiger partial charge in [-0.15, -0.1) is 0 Å². The Labute approximate surface area is 184 Å². The van der Waals surface area contributed by atoms with Crippen molar-refractivity contribution < 1.29 is 28.4 Å². The van der Waals surface area contributed by atoms with Crippen LogP contribution in [0.1, 0.15) is 25.3 Å². The molecular formula is C22H24FN3O6. The molecule has 0 bridgehead atoms. The van der Waals surface area contributed by atoms with Crippen LogP contribution < -0.4 is 19.7 Å². The summed E-state index contributed by atoms with van der Waals surface area (Å²) in [5.41, 5.74) is 0.267. The maximum Gasteiger partial charge on any atom is 0.306 e. The minimum atomic E-state index is -0.985. The van der Waals surface area contributed by atoms with E-state index >= 15 is 0 Å². The fourth-order valence-electron chi connectivity index (χ4n) is 3.43. The van der Waals surface area contributed by atoms with Crippen LogP contribution in [-0.4, -0.2) is 37.0 Å². The molecule has 170 valence electrons. The van der Waals surface area contributed by atoms with Crippen molar-refractivity contribution in [3.8, 4) is 11.5 Å². The van der Waals surface area contributed by atoms with Gasteiger partial charge in [0, 0.05) is 25.6 Å². The van der Waals surface area contributed by atoms with Crippen LogP contribution in [0.3, 0.4) is 0 Å². The van der Waals surface area contributed by atoms with Gasteiger partial charge in [0.25, 0.3) is 0 Å². The van der Waals surface area contributed by atoms with Crippen LogP contribution in [0.5, 0.6) is 11.5 Å². The first-order valence-electron chi connectivity index (χ1n) is 10.2. The summed E-state index contributed by atoms with van der Waals surface area (Å²) in [6.07, 6.45) is 0.827. The number of carbonyl (C=O) groups excluding carboxylic acids is 2. The SMILES string of the molecule is CCCOc1ccc(CNC(=O)C2CC(=O)N(c3ccc(F)c([N+](=O)[O-])c3)C2)cc1OC.